The number of likely N-dealkylation sites (N-methyl/N-ethyl adjacent to an activating group) is 1. The van der Waals surface area contributed by atoms with Crippen molar-refractivity contribution in [3.05, 3.63) is 69.8 Å². The standard InChI is InChI=1S/C20H22N2O6/c1-4-21(5-2)19(23)18(14-9-7-6-8-10-14)28-20(24)15-11-12-17(27-3)16(13-15)22(25)26/h6-13,18H,4-5H2,1-3H3/t18-/m1/s1. The van der Waals surface area contributed by atoms with Gasteiger partial charge in [0.2, 0.25) is 6.10 Å². The number of benzene rings is 2. The number of esters is 1. The van der Waals surface area contributed by atoms with Gasteiger partial charge in [0.25, 0.3) is 5.91 Å². The summed E-state index contributed by atoms with van der Waals surface area (Å²) in [6, 6.07) is 12.4. The van der Waals surface area contributed by atoms with Crippen LogP contribution >= 0.6 is 0 Å². The molecule has 1 atom stereocenters. The van der Waals surface area contributed by atoms with Crippen molar-refractivity contribution in [3.8, 4) is 5.75 Å². The van der Waals surface area contributed by atoms with Crippen molar-refractivity contribution in [2.24, 2.45) is 0 Å². The largest absolute Gasteiger partial charge is 0.490 e. The Kier molecular flexibility index (Phi) is 7.08. The van der Waals surface area contributed by atoms with Gasteiger partial charge >= 0.3 is 11.7 Å². The highest BCUT2D eigenvalue weighted by Crippen LogP contribution is 2.29. The smallest absolute Gasteiger partial charge is 0.339 e. The Hall–Kier alpha value is -3.42. The number of nitro benzene ring substituents is 1. The SMILES string of the molecule is CCN(CC)C(=O)[C@H](OC(=O)c1ccc(OC)c([N+](=O)[O-])c1)c1ccccc1. The number of hydrogen-bond acceptors (Lipinski definition) is 6. The van der Waals surface area contributed by atoms with E-state index in [4.69, 9.17) is 9.47 Å². The lowest BCUT2D eigenvalue weighted by Crippen LogP contribution is -2.36. The normalized spacial score (nSPS) is 11.4. The van der Waals surface area contributed by atoms with Crippen LogP contribution in [0, 0.1) is 10.1 Å². The Bertz CT molecular complexity index is 849. The summed E-state index contributed by atoms with van der Waals surface area (Å²) in [5.74, 6) is -1.16. The summed E-state index contributed by atoms with van der Waals surface area (Å²) in [5.41, 5.74) is 0.125. The third-order valence-electron chi connectivity index (χ3n) is 4.24. The van der Waals surface area contributed by atoms with Crippen LogP contribution in [0.4, 0.5) is 5.69 Å². The zero-order chi connectivity index (χ0) is 20.7. The number of carbonyl (C=O) groups excluding carboxylic acids is 2. The molecule has 0 saturated heterocycles. The highest BCUT2D eigenvalue weighted by molar-refractivity contribution is 5.93. The van der Waals surface area contributed by atoms with Crippen molar-refractivity contribution in [3.63, 3.8) is 0 Å². The summed E-state index contributed by atoms with van der Waals surface area (Å²) < 4.78 is 10.4. The predicted molar refractivity (Wildman–Crippen MR) is 102 cm³/mol. The van der Waals surface area contributed by atoms with Crippen LogP contribution < -0.4 is 4.74 Å². The first-order chi connectivity index (χ1) is 13.4. The minimum absolute atomic E-state index is 0.0281. The number of ether oxygens (including phenoxy) is 2. The summed E-state index contributed by atoms with van der Waals surface area (Å²) in [6.45, 7) is 4.59. The number of amides is 1. The van der Waals surface area contributed by atoms with Crippen molar-refractivity contribution < 1.29 is 24.0 Å². The number of carbonyl (C=O) groups is 2. The molecular weight excluding hydrogens is 364 g/mol. The molecule has 0 heterocycles. The molecule has 0 N–H and O–H groups in total. The lowest BCUT2D eigenvalue weighted by atomic mass is 10.1. The van der Waals surface area contributed by atoms with Gasteiger partial charge in [0.15, 0.2) is 5.75 Å². The molecule has 1 amide bonds. The van der Waals surface area contributed by atoms with Gasteiger partial charge < -0.3 is 14.4 Å². The molecule has 8 nitrogen and oxygen atoms in total. The molecule has 28 heavy (non-hydrogen) atoms. The Morgan fingerprint density at radius 3 is 2.29 bits per heavy atom. The van der Waals surface area contributed by atoms with Crippen molar-refractivity contribution in [1.82, 2.24) is 4.90 Å². The van der Waals surface area contributed by atoms with Crippen LogP contribution in [0.2, 0.25) is 0 Å². The molecule has 0 fully saturated rings. The Morgan fingerprint density at radius 1 is 1.11 bits per heavy atom. The molecule has 2 rings (SSSR count). The summed E-state index contributed by atoms with van der Waals surface area (Å²) >= 11 is 0. The fourth-order valence-electron chi connectivity index (χ4n) is 2.72. The van der Waals surface area contributed by atoms with E-state index in [1.165, 1.54) is 19.2 Å². The second-order valence-electron chi connectivity index (χ2n) is 5.85. The van der Waals surface area contributed by atoms with Gasteiger partial charge in [-0.1, -0.05) is 30.3 Å². The molecule has 0 bridgehead atoms. The van der Waals surface area contributed by atoms with Crippen LogP contribution in [0.15, 0.2) is 48.5 Å². The van der Waals surface area contributed by atoms with Crippen LogP contribution in [0.1, 0.15) is 35.9 Å². The lowest BCUT2D eigenvalue weighted by molar-refractivity contribution is -0.385. The maximum atomic E-state index is 12.9. The second-order valence-corrected chi connectivity index (χ2v) is 5.85. The predicted octanol–water partition coefficient (Wildman–Crippen LogP) is 3.37. The number of rotatable bonds is 8. The van der Waals surface area contributed by atoms with E-state index in [0.29, 0.717) is 18.7 Å². The average Bonchev–Trinajstić information content (AvgIpc) is 2.72. The zero-order valence-corrected chi connectivity index (χ0v) is 16.0. The van der Waals surface area contributed by atoms with E-state index in [1.807, 2.05) is 13.8 Å². The lowest BCUT2D eigenvalue weighted by Gasteiger charge is -2.25. The van der Waals surface area contributed by atoms with Gasteiger partial charge in [-0.3, -0.25) is 14.9 Å². The summed E-state index contributed by atoms with van der Waals surface area (Å²) in [7, 11) is 1.30. The summed E-state index contributed by atoms with van der Waals surface area (Å²) in [5, 5.41) is 11.2. The molecule has 8 heteroatoms. The molecule has 0 aromatic heterocycles. The molecule has 0 aliphatic heterocycles. The average molecular weight is 386 g/mol. The minimum Gasteiger partial charge on any atom is -0.490 e. The highest BCUT2D eigenvalue weighted by atomic mass is 16.6. The molecule has 0 spiro atoms. The van der Waals surface area contributed by atoms with Gasteiger partial charge in [-0.2, -0.15) is 0 Å². The van der Waals surface area contributed by atoms with Gasteiger partial charge in [0, 0.05) is 24.7 Å². The molecule has 0 aliphatic rings. The number of nitrogens with zero attached hydrogens (tertiary/aromatic N) is 2. The Morgan fingerprint density at radius 2 is 1.75 bits per heavy atom. The van der Waals surface area contributed by atoms with Crippen molar-refractivity contribution in [2.45, 2.75) is 20.0 Å². The van der Waals surface area contributed by atoms with Crippen LogP contribution in [0.25, 0.3) is 0 Å². The minimum atomic E-state index is -1.14. The van der Waals surface area contributed by atoms with Gasteiger partial charge in [-0.25, -0.2) is 4.79 Å². The van der Waals surface area contributed by atoms with E-state index in [1.54, 1.807) is 35.2 Å². The van der Waals surface area contributed by atoms with E-state index in [9.17, 15) is 19.7 Å². The molecule has 2 aromatic carbocycles. The van der Waals surface area contributed by atoms with Crippen LogP contribution in [-0.4, -0.2) is 41.9 Å². The quantitative estimate of drug-likeness (QED) is 0.392. The molecule has 0 saturated carbocycles. The summed E-state index contributed by atoms with van der Waals surface area (Å²) in [6.07, 6.45) is -1.14. The fraction of sp³-hybridized carbons (Fsp3) is 0.300. The first kappa shape index (κ1) is 20.9. The molecule has 148 valence electrons. The Balaban J connectivity index is 2.36. The monoisotopic (exact) mass is 386 g/mol. The summed E-state index contributed by atoms with van der Waals surface area (Å²) in [4.78, 5) is 37.6. The highest BCUT2D eigenvalue weighted by Gasteiger charge is 2.29. The molecule has 0 radical (unpaired) electrons. The topological polar surface area (TPSA) is 99.0 Å². The van der Waals surface area contributed by atoms with E-state index >= 15 is 0 Å². The van der Waals surface area contributed by atoms with E-state index in [0.717, 1.165) is 6.07 Å². The van der Waals surface area contributed by atoms with Crippen molar-refractivity contribution >= 4 is 17.6 Å². The third kappa shape index (κ3) is 4.64. The maximum Gasteiger partial charge on any atom is 0.339 e. The Labute approximate surface area is 162 Å². The number of nitro groups is 1. The number of hydrogen-bond donors (Lipinski definition) is 0. The maximum absolute atomic E-state index is 12.9. The van der Waals surface area contributed by atoms with Gasteiger partial charge in [-0.15, -0.1) is 0 Å². The molecule has 0 unspecified atom stereocenters. The fourth-order valence-corrected chi connectivity index (χ4v) is 2.72. The number of methoxy groups -OCH3 is 1. The molecule has 2 aromatic rings. The van der Waals surface area contributed by atoms with Crippen molar-refractivity contribution in [2.75, 3.05) is 20.2 Å². The van der Waals surface area contributed by atoms with Crippen LogP contribution in [0.3, 0.4) is 0 Å². The van der Waals surface area contributed by atoms with Crippen LogP contribution in [-0.2, 0) is 9.53 Å². The van der Waals surface area contributed by atoms with E-state index < -0.39 is 17.0 Å². The van der Waals surface area contributed by atoms with Gasteiger partial charge in [-0.05, 0) is 26.0 Å². The van der Waals surface area contributed by atoms with Crippen LogP contribution in [0.5, 0.6) is 5.75 Å². The second kappa shape index (κ2) is 9.50. The van der Waals surface area contributed by atoms with E-state index in [-0.39, 0.29) is 22.9 Å². The van der Waals surface area contributed by atoms with Crippen molar-refractivity contribution in [1.29, 1.82) is 0 Å². The first-order valence-electron chi connectivity index (χ1n) is 8.80. The molecular formula is C20H22N2O6. The first-order valence-corrected chi connectivity index (χ1v) is 8.80. The molecule has 0 aliphatic carbocycles. The van der Waals surface area contributed by atoms with Gasteiger partial charge in [0.05, 0.1) is 17.6 Å². The zero-order valence-electron chi connectivity index (χ0n) is 16.0. The van der Waals surface area contributed by atoms with Gasteiger partial charge in [0.1, 0.15) is 0 Å². The third-order valence-corrected chi connectivity index (χ3v) is 4.24. The van der Waals surface area contributed by atoms with E-state index in [2.05, 4.69) is 0 Å².